The fourth-order valence-corrected chi connectivity index (χ4v) is 0.512. The molecule has 0 aliphatic rings. The van der Waals surface area contributed by atoms with Crippen molar-refractivity contribution in [2.24, 2.45) is 0 Å². The van der Waals surface area contributed by atoms with E-state index in [2.05, 4.69) is 27.0 Å². The summed E-state index contributed by atoms with van der Waals surface area (Å²) in [5.41, 5.74) is 0. The zero-order valence-electron chi connectivity index (χ0n) is 8.92. The van der Waals surface area contributed by atoms with Crippen molar-refractivity contribution in [2.45, 2.75) is 33.1 Å². The molecule has 0 bridgehead atoms. The molecule has 0 aromatic rings. The van der Waals surface area contributed by atoms with E-state index in [1.54, 1.807) is 0 Å². The average molecular weight is 186 g/mol. The van der Waals surface area contributed by atoms with Crippen LogP contribution in [0.2, 0.25) is 0 Å². The monoisotopic (exact) mass is 186 g/mol. The molecule has 0 unspecified atom stereocenters. The molecule has 0 atom stereocenters. The maximum absolute atomic E-state index is 4.84. The Kier molecular flexibility index (Phi) is 19.4. The summed E-state index contributed by atoms with van der Waals surface area (Å²) in [4.78, 5) is 0. The molecule has 0 radical (unpaired) electrons. The van der Waals surface area contributed by atoms with Crippen molar-refractivity contribution < 1.29 is 9.47 Å². The lowest BCUT2D eigenvalue weighted by Gasteiger charge is -1.93. The van der Waals surface area contributed by atoms with Gasteiger partial charge in [-0.3, -0.25) is 0 Å². The third-order valence-electron chi connectivity index (χ3n) is 1.17. The lowest BCUT2D eigenvalue weighted by Crippen LogP contribution is -1.83. The fraction of sp³-hybridized carbons (Fsp3) is 0.636. The second kappa shape index (κ2) is 17.2. The predicted octanol–water partition coefficient (Wildman–Crippen LogP) is 3.50. The van der Waals surface area contributed by atoms with Crippen LogP contribution in [0.15, 0.2) is 25.7 Å². The molecule has 0 spiro atoms. The summed E-state index contributed by atoms with van der Waals surface area (Å²) in [6, 6.07) is 0. The Morgan fingerprint density at radius 2 is 1.46 bits per heavy atom. The summed E-state index contributed by atoms with van der Waals surface area (Å²) in [5, 5.41) is 0. The number of unbranched alkanes of at least 4 members (excludes halogenated alkanes) is 1. The SMILES string of the molecule is C=COCCC.C=COCCCC. The highest BCUT2D eigenvalue weighted by atomic mass is 16.5. The molecule has 78 valence electrons. The van der Waals surface area contributed by atoms with Gasteiger partial charge in [-0.05, 0) is 12.8 Å². The summed E-state index contributed by atoms with van der Waals surface area (Å²) in [6.07, 6.45) is 6.32. The van der Waals surface area contributed by atoms with E-state index in [1.165, 1.54) is 18.9 Å². The first kappa shape index (κ1) is 14.6. The van der Waals surface area contributed by atoms with E-state index in [0.717, 1.165) is 26.1 Å². The van der Waals surface area contributed by atoms with E-state index in [1.807, 2.05) is 0 Å². The number of hydrogen-bond acceptors (Lipinski definition) is 2. The van der Waals surface area contributed by atoms with Gasteiger partial charge in [0.05, 0.1) is 25.7 Å². The zero-order chi connectivity index (χ0) is 10.4. The van der Waals surface area contributed by atoms with Gasteiger partial charge < -0.3 is 9.47 Å². The first-order valence-corrected chi connectivity index (χ1v) is 4.78. The highest BCUT2D eigenvalue weighted by Gasteiger charge is 1.76. The Hall–Kier alpha value is -0.920. The van der Waals surface area contributed by atoms with Gasteiger partial charge >= 0.3 is 0 Å². The van der Waals surface area contributed by atoms with E-state index in [-0.39, 0.29) is 0 Å². The van der Waals surface area contributed by atoms with Gasteiger partial charge in [0.25, 0.3) is 0 Å². The summed E-state index contributed by atoms with van der Waals surface area (Å²) < 4.78 is 9.58. The number of ether oxygens (including phenoxy) is 2. The summed E-state index contributed by atoms with van der Waals surface area (Å²) in [7, 11) is 0. The van der Waals surface area contributed by atoms with Crippen LogP contribution >= 0.6 is 0 Å². The van der Waals surface area contributed by atoms with Crippen molar-refractivity contribution >= 4 is 0 Å². The van der Waals surface area contributed by atoms with Crippen LogP contribution in [0, 0.1) is 0 Å². The second-order valence-corrected chi connectivity index (χ2v) is 2.43. The molecule has 2 heteroatoms. The third-order valence-corrected chi connectivity index (χ3v) is 1.17. The Morgan fingerprint density at radius 1 is 0.923 bits per heavy atom. The van der Waals surface area contributed by atoms with Gasteiger partial charge in [-0.25, -0.2) is 0 Å². The van der Waals surface area contributed by atoms with Gasteiger partial charge in [-0.15, -0.1) is 0 Å². The smallest absolute Gasteiger partial charge is 0.0872 e. The standard InChI is InChI=1S/C6H12O.C5H10O/c1-3-5-6-7-4-2;1-3-5-6-4-2/h4H,2-3,5-6H2,1H3;4H,2-3,5H2,1H3. The first-order chi connectivity index (χ1) is 6.33. The summed E-state index contributed by atoms with van der Waals surface area (Å²) in [5.74, 6) is 0. The Balaban J connectivity index is 0. The van der Waals surface area contributed by atoms with Gasteiger partial charge in [0.2, 0.25) is 0 Å². The molecule has 0 aromatic heterocycles. The Labute approximate surface area is 82.2 Å². The molecule has 0 rings (SSSR count). The van der Waals surface area contributed by atoms with Crippen molar-refractivity contribution in [3.05, 3.63) is 25.7 Å². The summed E-state index contributed by atoms with van der Waals surface area (Å²) >= 11 is 0. The van der Waals surface area contributed by atoms with Gasteiger partial charge in [-0.1, -0.05) is 33.4 Å². The highest BCUT2D eigenvalue weighted by Crippen LogP contribution is 1.86. The van der Waals surface area contributed by atoms with Crippen molar-refractivity contribution in [1.82, 2.24) is 0 Å². The largest absolute Gasteiger partial charge is 0.502 e. The molecule has 0 N–H and O–H groups in total. The van der Waals surface area contributed by atoms with E-state index in [9.17, 15) is 0 Å². The van der Waals surface area contributed by atoms with Gasteiger partial charge in [0.1, 0.15) is 0 Å². The van der Waals surface area contributed by atoms with Crippen LogP contribution in [0.5, 0.6) is 0 Å². The van der Waals surface area contributed by atoms with Crippen LogP contribution in [0.3, 0.4) is 0 Å². The van der Waals surface area contributed by atoms with Crippen LogP contribution in [0.1, 0.15) is 33.1 Å². The van der Waals surface area contributed by atoms with E-state index in [4.69, 9.17) is 9.47 Å². The van der Waals surface area contributed by atoms with Crippen LogP contribution in [0.25, 0.3) is 0 Å². The average Bonchev–Trinajstić information content (AvgIpc) is 2.17. The van der Waals surface area contributed by atoms with Gasteiger partial charge in [0, 0.05) is 0 Å². The normalized spacial score (nSPS) is 7.85. The molecule has 0 saturated carbocycles. The maximum Gasteiger partial charge on any atom is 0.0872 e. The molecular formula is C11H22O2. The lowest BCUT2D eigenvalue weighted by molar-refractivity contribution is 0.245. The summed E-state index contributed by atoms with van der Waals surface area (Å²) in [6.45, 7) is 12.6. The molecule has 0 aliphatic heterocycles. The number of hydrogen-bond donors (Lipinski definition) is 0. The molecular weight excluding hydrogens is 164 g/mol. The van der Waals surface area contributed by atoms with Crippen molar-refractivity contribution in [3.63, 3.8) is 0 Å². The molecule has 13 heavy (non-hydrogen) atoms. The van der Waals surface area contributed by atoms with Gasteiger partial charge in [-0.2, -0.15) is 0 Å². The second-order valence-electron chi connectivity index (χ2n) is 2.43. The molecule has 0 aromatic carbocycles. The lowest BCUT2D eigenvalue weighted by atomic mass is 10.4. The van der Waals surface area contributed by atoms with E-state index >= 15 is 0 Å². The molecule has 2 nitrogen and oxygen atoms in total. The van der Waals surface area contributed by atoms with Gasteiger partial charge in [0.15, 0.2) is 0 Å². The molecule has 0 fully saturated rings. The van der Waals surface area contributed by atoms with E-state index in [0.29, 0.717) is 0 Å². The predicted molar refractivity (Wildman–Crippen MR) is 57.5 cm³/mol. The minimum Gasteiger partial charge on any atom is -0.502 e. The Bertz CT molecular complexity index is 100. The van der Waals surface area contributed by atoms with Crippen LogP contribution in [-0.2, 0) is 9.47 Å². The quantitative estimate of drug-likeness (QED) is 0.447. The molecule has 0 heterocycles. The number of rotatable bonds is 7. The highest BCUT2D eigenvalue weighted by molar-refractivity contribution is 4.47. The Morgan fingerprint density at radius 3 is 1.77 bits per heavy atom. The van der Waals surface area contributed by atoms with Crippen LogP contribution in [-0.4, -0.2) is 13.2 Å². The zero-order valence-corrected chi connectivity index (χ0v) is 8.92. The first-order valence-electron chi connectivity index (χ1n) is 4.78. The molecule has 0 saturated heterocycles. The minimum absolute atomic E-state index is 0.795. The van der Waals surface area contributed by atoms with Crippen molar-refractivity contribution in [2.75, 3.05) is 13.2 Å². The third kappa shape index (κ3) is 24.7. The molecule has 0 amide bonds. The van der Waals surface area contributed by atoms with Crippen molar-refractivity contribution in [1.29, 1.82) is 0 Å². The van der Waals surface area contributed by atoms with Crippen molar-refractivity contribution in [3.8, 4) is 0 Å². The van der Waals surface area contributed by atoms with Crippen LogP contribution < -0.4 is 0 Å². The fourth-order valence-electron chi connectivity index (χ4n) is 0.512. The molecule has 0 aliphatic carbocycles. The van der Waals surface area contributed by atoms with E-state index < -0.39 is 0 Å². The minimum atomic E-state index is 0.795. The topological polar surface area (TPSA) is 18.5 Å². The van der Waals surface area contributed by atoms with Crippen LogP contribution in [0.4, 0.5) is 0 Å². The maximum atomic E-state index is 4.84.